The quantitative estimate of drug-likeness (QED) is 0.860. The minimum atomic E-state index is 0.0992. The van der Waals surface area contributed by atoms with E-state index in [2.05, 4.69) is 21.2 Å². The van der Waals surface area contributed by atoms with Crippen molar-refractivity contribution in [2.24, 2.45) is 0 Å². The van der Waals surface area contributed by atoms with Crippen LogP contribution in [0.2, 0.25) is 5.02 Å². The van der Waals surface area contributed by atoms with Crippen molar-refractivity contribution < 1.29 is 9.47 Å². The van der Waals surface area contributed by atoms with Crippen LogP contribution in [0.15, 0.2) is 40.9 Å². The lowest BCUT2D eigenvalue weighted by Crippen LogP contribution is -2.24. The molecule has 1 atom stereocenters. The van der Waals surface area contributed by atoms with E-state index in [4.69, 9.17) is 21.1 Å². The summed E-state index contributed by atoms with van der Waals surface area (Å²) in [7, 11) is 1.67. The summed E-state index contributed by atoms with van der Waals surface area (Å²) in [5, 5.41) is 4.13. The second kappa shape index (κ2) is 6.16. The monoisotopic (exact) mass is 367 g/mol. The Morgan fingerprint density at radius 2 is 2.19 bits per heavy atom. The Kier molecular flexibility index (Phi) is 4.27. The first-order valence-electron chi connectivity index (χ1n) is 6.68. The van der Waals surface area contributed by atoms with E-state index in [1.54, 1.807) is 7.11 Å². The standard InChI is InChI=1S/C16H15BrClNO2/c1-20-16-4-2-11(17)8-14(16)19-9-13-7-10-6-12(18)3-5-15(10)21-13/h2-6,8,13,19H,7,9H2,1H3. The van der Waals surface area contributed by atoms with Crippen LogP contribution in [-0.4, -0.2) is 19.8 Å². The third kappa shape index (κ3) is 3.27. The van der Waals surface area contributed by atoms with Gasteiger partial charge in [-0.3, -0.25) is 0 Å². The van der Waals surface area contributed by atoms with Gasteiger partial charge in [0.05, 0.1) is 19.3 Å². The van der Waals surface area contributed by atoms with E-state index in [1.807, 2.05) is 36.4 Å². The second-order valence-corrected chi connectivity index (χ2v) is 6.27. The van der Waals surface area contributed by atoms with E-state index >= 15 is 0 Å². The number of fused-ring (bicyclic) bond motifs is 1. The molecule has 3 nitrogen and oxygen atoms in total. The number of ether oxygens (including phenoxy) is 2. The number of hydrogen-bond donors (Lipinski definition) is 1. The SMILES string of the molecule is COc1ccc(Br)cc1NCC1Cc2cc(Cl)ccc2O1. The highest BCUT2D eigenvalue weighted by atomic mass is 79.9. The second-order valence-electron chi connectivity index (χ2n) is 4.92. The Balaban J connectivity index is 1.66. The van der Waals surface area contributed by atoms with Crippen molar-refractivity contribution in [3.63, 3.8) is 0 Å². The normalized spacial score (nSPS) is 16.2. The number of nitrogens with one attached hydrogen (secondary N) is 1. The van der Waals surface area contributed by atoms with Gasteiger partial charge >= 0.3 is 0 Å². The van der Waals surface area contributed by atoms with Crippen molar-refractivity contribution in [2.45, 2.75) is 12.5 Å². The summed E-state index contributed by atoms with van der Waals surface area (Å²) in [5.41, 5.74) is 2.11. The van der Waals surface area contributed by atoms with Gasteiger partial charge in [-0.05, 0) is 42.0 Å². The molecule has 0 saturated carbocycles. The molecule has 2 aromatic rings. The number of rotatable bonds is 4. The van der Waals surface area contributed by atoms with Crippen molar-refractivity contribution in [2.75, 3.05) is 19.0 Å². The fraction of sp³-hybridized carbons (Fsp3) is 0.250. The maximum absolute atomic E-state index is 6.01. The van der Waals surface area contributed by atoms with Crippen molar-refractivity contribution in [1.29, 1.82) is 0 Å². The van der Waals surface area contributed by atoms with Crippen molar-refractivity contribution in [3.8, 4) is 11.5 Å². The van der Waals surface area contributed by atoms with Crippen molar-refractivity contribution >= 4 is 33.2 Å². The molecule has 21 heavy (non-hydrogen) atoms. The average Bonchev–Trinajstić information content (AvgIpc) is 2.87. The van der Waals surface area contributed by atoms with E-state index in [-0.39, 0.29) is 6.10 Å². The van der Waals surface area contributed by atoms with Gasteiger partial charge in [0.25, 0.3) is 0 Å². The summed E-state index contributed by atoms with van der Waals surface area (Å²) in [5.74, 6) is 1.74. The van der Waals surface area contributed by atoms with Crippen molar-refractivity contribution in [1.82, 2.24) is 0 Å². The molecule has 0 fully saturated rings. The summed E-state index contributed by atoms with van der Waals surface area (Å²) in [4.78, 5) is 0. The molecule has 0 amide bonds. The van der Waals surface area contributed by atoms with Gasteiger partial charge in [-0.1, -0.05) is 27.5 Å². The van der Waals surface area contributed by atoms with Gasteiger partial charge in [0, 0.05) is 15.9 Å². The van der Waals surface area contributed by atoms with Crippen LogP contribution in [0.5, 0.6) is 11.5 Å². The van der Waals surface area contributed by atoms with Gasteiger partial charge < -0.3 is 14.8 Å². The average molecular weight is 369 g/mol. The third-order valence-electron chi connectivity index (χ3n) is 3.45. The van der Waals surface area contributed by atoms with Gasteiger partial charge in [-0.25, -0.2) is 0 Å². The van der Waals surface area contributed by atoms with Crippen LogP contribution in [0, 0.1) is 0 Å². The van der Waals surface area contributed by atoms with Crippen LogP contribution >= 0.6 is 27.5 Å². The molecule has 1 aliphatic heterocycles. The Morgan fingerprint density at radius 1 is 1.33 bits per heavy atom. The smallest absolute Gasteiger partial charge is 0.142 e. The Bertz CT molecular complexity index is 663. The molecule has 1 aliphatic rings. The number of hydrogen-bond acceptors (Lipinski definition) is 3. The van der Waals surface area contributed by atoms with E-state index < -0.39 is 0 Å². The number of halogens is 2. The first-order valence-corrected chi connectivity index (χ1v) is 7.85. The molecule has 0 saturated heterocycles. The molecule has 0 radical (unpaired) electrons. The predicted molar refractivity (Wildman–Crippen MR) is 88.8 cm³/mol. The summed E-state index contributed by atoms with van der Waals surface area (Å²) in [6, 6.07) is 11.6. The summed E-state index contributed by atoms with van der Waals surface area (Å²) in [6.45, 7) is 0.707. The molecule has 110 valence electrons. The Hall–Kier alpha value is -1.39. The fourth-order valence-electron chi connectivity index (χ4n) is 2.44. The molecule has 1 heterocycles. The maximum atomic E-state index is 6.01. The van der Waals surface area contributed by atoms with Gasteiger partial charge in [0.1, 0.15) is 17.6 Å². The highest BCUT2D eigenvalue weighted by molar-refractivity contribution is 9.10. The molecule has 3 rings (SSSR count). The van der Waals surface area contributed by atoms with Crippen LogP contribution in [0.4, 0.5) is 5.69 Å². The summed E-state index contributed by atoms with van der Waals surface area (Å²) < 4.78 is 12.3. The lowest BCUT2D eigenvalue weighted by atomic mass is 10.1. The number of methoxy groups -OCH3 is 1. The third-order valence-corrected chi connectivity index (χ3v) is 4.17. The molecule has 1 unspecified atom stereocenters. The van der Waals surface area contributed by atoms with Crippen molar-refractivity contribution in [3.05, 3.63) is 51.5 Å². The summed E-state index contributed by atoms with van der Waals surface area (Å²) in [6.07, 6.45) is 0.960. The van der Waals surface area contributed by atoms with Crippen LogP contribution in [0.3, 0.4) is 0 Å². The number of anilines is 1. The van der Waals surface area contributed by atoms with E-state index in [0.717, 1.165) is 38.7 Å². The minimum absolute atomic E-state index is 0.0992. The first kappa shape index (κ1) is 14.5. The lowest BCUT2D eigenvalue weighted by Gasteiger charge is -2.15. The summed E-state index contributed by atoms with van der Waals surface area (Å²) >= 11 is 9.48. The molecule has 5 heteroatoms. The molecule has 0 spiro atoms. The van der Waals surface area contributed by atoms with Crippen LogP contribution in [-0.2, 0) is 6.42 Å². The molecule has 2 aromatic carbocycles. The molecule has 0 bridgehead atoms. The highest BCUT2D eigenvalue weighted by Gasteiger charge is 2.23. The zero-order valence-electron chi connectivity index (χ0n) is 11.5. The van der Waals surface area contributed by atoms with Gasteiger partial charge in [-0.2, -0.15) is 0 Å². The lowest BCUT2D eigenvalue weighted by molar-refractivity contribution is 0.246. The van der Waals surface area contributed by atoms with Crippen LogP contribution in [0.25, 0.3) is 0 Å². The van der Waals surface area contributed by atoms with E-state index in [0.29, 0.717) is 6.54 Å². The zero-order chi connectivity index (χ0) is 14.8. The molecule has 0 aromatic heterocycles. The van der Waals surface area contributed by atoms with Gasteiger partial charge in [0.2, 0.25) is 0 Å². The van der Waals surface area contributed by atoms with Gasteiger partial charge in [0.15, 0.2) is 0 Å². The largest absolute Gasteiger partial charge is 0.495 e. The Labute approximate surface area is 137 Å². The van der Waals surface area contributed by atoms with Crippen LogP contribution < -0.4 is 14.8 Å². The topological polar surface area (TPSA) is 30.5 Å². The molecular weight excluding hydrogens is 354 g/mol. The molecule has 1 N–H and O–H groups in total. The van der Waals surface area contributed by atoms with Gasteiger partial charge in [-0.15, -0.1) is 0 Å². The number of benzene rings is 2. The Morgan fingerprint density at radius 3 is 3.00 bits per heavy atom. The molecular formula is C16H15BrClNO2. The van der Waals surface area contributed by atoms with E-state index in [1.165, 1.54) is 0 Å². The van der Waals surface area contributed by atoms with Crippen LogP contribution in [0.1, 0.15) is 5.56 Å². The zero-order valence-corrected chi connectivity index (χ0v) is 13.9. The highest BCUT2D eigenvalue weighted by Crippen LogP contribution is 2.32. The molecule has 0 aliphatic carbocycles. The minimum Gasteiger partial charge on any atom is -0.495 e. The predicted octanol–water partition coefficient (Wildman–Crippen LogP) is 4.53. The van der Waals surface area contributed by atoms with E-state index in [9.17, 15) is 0 Å². The maximum Gasteiger partial charge on any atom is 0.142 e. The first-order chi connectivity index (χ1) is 10.2. The fourth-order valence-corrected chi connectivity index (χ4v) is 3.00.